The first kappa shape index (κ1) is 27.1. The second-order valence-electron chi connectivity index (χ2n) is 10.5. The SMILES string of the molecule is C=C(/C=C(\CCC1=CC=C(c2ccccc2)C1)c1ccc(C)c(C(/C=C\C)=C(C)C)c1)c1ccccc1C. The van der Waals surface area contributed by atoms with Crippen LogP contribution >= 0.6 is 0 Å². The highest BCUT2D eigenvalue weighted by molar-refractivity contribution is 5.86. The average molecular weight is 497 g/mol. The second-order valence-corrected chi connectivity index (χ2v) is 10.5. The van der Waals surface area contributed by atoms with Crippen molar-refractivity contribution in [2.75, 3.05) is 0 Å². The van der Waals surface area contributed by atoms with E-state index in [1.165, 1.54) is 61.2 Å². The third-order valence-corrected chi connectivity index (χ3v) is 7.41. The van der Waals surface area contributed by atoms with Crippen LogP contribution in [0, 0.1) is 13.8 Å². The van der Waals surface area contributed by atoms with Crippen molar-refractivity contribution < 1.29 is 0 Å². The van der Waals surface area contributed by atoms with Crippen LogP contribution in [0.5, 0.6) is 0 Å². The van der Waals surface area contributed by atoms with Gasteiger partial charge in [0.2, 0.25) is 0 Å². The summed E-state index contributed by atoms with van der Waals surface area (Å²) in [6.45, 7) is 15.3. The van der Waals surface area contributed by atoms with Crippen LogP contribution in [0.1, 0.15) is 73.4 Å². The second kappa shape index (κ2) is 12.6. The zero-order chi connectivity index (χ0) is 27.1. The highest BCUT2D eigenvalue weighted by Crippen LogP contribution is 2.35. The summed E-state index contributed by atoms with van der Waals surface area (Å²) in [5.74, 6) is 0. The fourth-order valence-corrected chi connectivity index (χ4v) is 5.22. The lowest BCUT2D eigenvalue weighted by Gasteiger charge is -2.16. The van der Waals surface area contributed by atoms with Crippen LogP contribution in [0.2, 0.25) is 0 Å². The topological polar surface area (TPSA) is 0 Å². The molecule has 0 nitrogen and oxygen atoms in total. The Labute approximate surface area is 230 Å². The molecule has 0 saturated heterocycles. The quantitative estimate of drug-likeness (QED) is 0.258. The Morgan fingerprint density at radius 3 is 2.26 bits per heavy atom. The Balaban J connectivity index is 1.65. The van der Waals surface area contributed by atoms with E-state index in [9.17, 15) is 0 Å². The first-order chi connectivity index (χ1) is 18.4. The van der Waals surface area contributed by atoms with Gasteiger partial charge in [-0.3, -0.25) is 0 Å². The molecule has 38 heavy (non-hydrogen) atoms. The van der Waals surface area contributed by atoms with Crippen LogP contribution in [0.15, 0.2) is 121 Å². The van der Waals surface area contributed by atoms with Crippen molar-refractivity contribution in [2.24, 2.45) is 0 Å². The molecule has 1 aliphatic rings. The third kappa shape index (κ3) is 6.50. The first-order valence-electron chi connectivity index (χ1n) is 13.7. The predicted octanol–water partition coefficient (Wildman–Crippen LogP) is 11.0. The molecule has 0 unspecified atom stereocenters. The lowest BCUT2D eigenvalue weighted by Crippen LogP contribution is -1.95. The summed E-state index contributed by atoms with van der Waals surface area (Å²) in [6.07, 6.45) is 14.3. The smallest absolute Gasteiger partial charge is 0.00579 e. The van der Waals surface area contributed by atoms with Crippen molar-refractivity contribution >= 4 is 22.3 Å². The summed E-state index contributed by atoms with van der Waals surface area (Å²) in [4.78, 5) is 0. The Kier molecular flexibility index (Phi) is 8.98. The van der Waals surface area contributed by atoms with Crippen LogP contribution in [-0.4, -0.2) is 0 Å². The fraction of sp³-hybridized carbons (Fsp3) is 0.211. The van der Waals surface area contributed by atoms with Gasteiger partial charge < -0.3 is 0 Å². The summed E-state index contributed by atoms with van der Waals surface area (Å²) in [5.41, 5.74) is 15.6. The van der Waals surface area contributed by atoms with E-state index in [0.717, 1.165) is 24.8 Å². The number of hydrogen-bond donors (Lipinski definition) is 0. The molecule has 0 radical (unpaired) electrons. The molecule has 0 bridgehead atoms. The summed E-state index contributed by atoms with van der Waals surface area (Å²) < 4.78 is 0. The molecular formula is C38H40. The zero-order valence-corrected chi connectivity index (χ0v) is 23.6. The van der Waals surface area contributed by atoms with Gasteiger partial charge in [-0.25, -0.2) is 0 Å². The molecule has 3 aromatic rings. The van der Waals surface area contributed by atoms with Gasteiger partial charge in [-0.15, -0.1) is 0 Å². The molecule has 4 rings (SSSR count). The van der Waals surface area contributed by atoms with Crippen LogP contribution in [0.4, 0.5) is 0 Å². The van der Waals surface area contributed by atoms with Gasteiger partial charge in [0.1, 0.15) is 0 Å². The van der Waals surface area contributed by atoms with E-state index in [4.69, 9.17) is 0 Å². The Hall–Kier alpha value is -3.90. The summed E-state index contributed by atoms with van der Waals surface area (Å²) >= 11 is 0. The maximum atomic E-state index is 4.49. The monoisotopic (exact) mass is 496 g/mol. The third-order valence-electron chi connectivity index (χ3n) is 7.41. The summed E-state index contributed by atoms with van der Waals surface area (Å²) in [6, 6.07) is 26.2. The molecule has 0 amide bonds. The van der Waals surface area contributed by atoms with Gasteiger partial charge >= 0.3 is 0 Å². The minimum Gasteiger partial charge on any atom is -0.0911 e. The molecule has 0 aromatic heterocycles. The van der Waals surface area contributed by atoms with Crippen LogP contribution < -0.4 is 0 Å². The molecule has 0 saturated carbocycles. The average Bonchev–Trinajstić information content (AvgIpc) is 3.40. The van der Waals surface area contributed by atoms with Gasteiger partial charge in [-0.05, 0) is 116 Å². The van der Waals surface area contributed by atoms with Gasteiger partial charge in [-0.1, -0.05) is 115 Å². The van der Waals surface area contributed by atoms with E-state index in [1.807, 2.05) is 0 Å². The Bertz CT molecular complexity index is 1460. The molecular weight excluding hydrogens is 456 g/mol. The lowest BCUT2D eigenvalue weighted by atomic mass is 9.89. The minimum atomic E-state index is 0.975. The van der Waals surface area contributed by atoms with Gasteiger partial charge in [-0.2, -0.15) is 0 Å². The van der Waals surface area contributed by atoms with E-state index in [2.05, 4.69) is 144 Å². The molecule has 0 aliphatic heterocycles. The number of rotatable bonds is 9. The van der Waals surface area contributed by atoms with Crippen LogP contribution in [0.3, 0.4) is 0 Å². The van der Waals surface area contributed by atoms with Crippen LogP contribution in [0.25, 0.3) is 22.3 Å². The minimum absolute atomic E-state index is 0.975. The maximum absolute atomic E-state index is 4.49. The van der Waals surface area contributed by atoms with Crippen molar-refractivity contribution in [1.82, 2.24) is 0 Å². The maximum Gasteiger partial charge on any atom is -0.00579 e. The number of benzene rings is 3. The summed E-state index contributed by atoms with van der Waals surface area (Å²) in [5, 5.41) is 0. The number of allylic oxidation sites excluding steroid dienone is 11. The Morgan fingerprint density at radius 2 is 1.55 bits per heavy atom. The molecule has 0 N–H and O–H groups in total. The molecule has 0 atom stereocenters. The van der Waals surface area contributed by atoms with Gasteiger partial charge in [0.15, 0.2) is 0 Å². The van der Waals surface area contributed by atoms with E-state index in [1.54, 1.807) is 0 Å². The standard InChI is InChI=1S/C38H40/c1-7-13-36(27(2)3)38-26-35(21-18-29(38)5)33(24-30(6)37-17-12-11-14-28(37)4)22-19-31-20-23-34(25-31)32-15-9-8-10-16-32/h7-18,20-21,23-24,26H,6,19,22,25H2,1-5H3/b13-7-,33-24+. The zero-order valence-electron chi connectivity index (χ0n) is 23.6. The molecule has 3 aromatic carbocycles. The molecule has 0 spiro atoms. The van der Waals surface area contributed by atoms with Gasteiger partial charge in [0.25, 0.3) is 0 Å². The van der Waals surface area contributed by atoms with Crippen molar-refractivity contribution in [3.63, 3.8) is 0 Å². The Morgan fingerprint density at radius 1 is 0.842 bits per heavy atom. The highest BCUT2D eigenvalue weighted by Gasteiger charge is 2.14. The van der Waals surface area contributed by atoms with E-state index < -0.39 is 0 Å². The molecule has 1 aliphatic carbocycles. The predicted molar refractivity (Wildman–Crippen MR) is 169 cm³/mol. The normalized spacial score (nSPS) is 13.4. The lowest BCUT2D eigenvalue weighted by molar-refractivity contribution is 0.967. The van der Waals surface area contributed by atoms with E-state index in [0.29, 0.717) is 0 Å². The van der Waals surface area contributed by atoms with E-state index >= 15 is 0 Å². The molecule has 192 valence electrons. The van der Waals surface area contributed by atoms with Crippen LogP contribution in [-0.2, 0) is 0 Å². The van der Waals surface area contributed by atoms with Crippen molar-refractivity contribution in [3.05, 3.63) is 154 Å². The largest absolute Gasteiger partial charge is 0.0911 e. The fourth-order valence-electron chi connectivity index (χ4n) is 5.22. The van der Waals surface area contributed by atoms with Crippen molar-refractivity contribution in [3.8, 4) is 0 Å². The molecule has 0 heteroatoms. The highest BCUT2D eigenvalue weighted by atomic mass is 14.2. The van der Waals surface area contributed by atoms with E-state index in [-0.39, 0.29) is 0 Å². The van der Waals surface area contributed by atoms with Gasteiger partial charge in [0, 0.05) is 0 Å². The van der Waals surface area contributed by atoms with Crippen molar-refractivity contribution in [2.45, 2.75) is 53.9 Å². The van der Waals surface area contributed by atoms with Crippen molar-refractivity contribution in [1.29, 1.82) is 0 Å². The number of hydrogen-bond acceptors (Lipinski definition) is 0. The molecule has 0 heterocycles. The summed E-state index contributed by atoms with van der Waals surface area (Å²) in [7, 11) is 0. The first-order valence-corrected chi connectivity index (χ1v) is 13.7. The number of aryl methyl sites for hydroxylation is 2. The molecule has 0 fully saturated rings. The van der Waals surface area contributed by atoms with Gasteiger partial charge in [0.05, 0.1) is 0 Å².